The van der Waals surface area contributed by atoms with Gasteiger partial charge in [0.15, 0.2) is 11.7 Å². The van der Waals surface area contributed by atoms with Crippen LogP contribution in [0.4, 0.5) is 5.69 Å². The molecule has 8 heteroatoms. The molecule has 1 aromatic heterocycles. The molecule has 0 aliphatic rings. The molecule has 1 N–H and O–H groups in total. The Morgan fingerprint density at radius 1 is 1.16 bits per heavy atom. The maximum Gasteiger partial charge on any atom is 0.265 e. The van der Waals surface area contributed by atoms with E-state index in [0.717, 1.165) is 0 Å². The van der Waals surface area contributed by atoms with Crippen molar-refractivity contribution in [1.29, 1.82) is 0 Å². The van der Waals surface area contributed by atoms with Crippen LogP contribution >= 0.6 is 11.6 Å². The fourth-order valence-electron chi connectivity index (χ4n) is 2.26. The lowest BCUT2D eigenvalue weighted by Crippen LogP contribution is -2.14. The third kappa shape index (κ3) is 3.78. The first-order valence-electron chi connectivity index (χ1n) is 7.28. The van der Waals surface area contributed by atoms with E-state index in [1.54, 1.807) is 49.5 Å². The summed E-state index contributed by atoms with van der Waals surface area (Å²) in [4.78, 5) is 4.02. The summed E-state index contributed by atoms with van der Waals surface area (Å²) in [6.45, 7) is 1.72. The van der Waals surface area contributed by atoms with E-state index in [9.17, 15) is 8.42 Å². The number of nitrogens with zero attached hydrogens (tertiary/aromatic N) is 1. The van der Waals surface area contributed by atoms with Gasteiger partial charge in [-0.1, -0.05) is 11.6 Å². The second-order valence-electron chi connectivity index (χ2n) is 5.22. The zero-order chi connectivity index (χ0) is 18.0. The van der Waals surface area contributed by atoms with E-state index in [0.29, 0.717) is 27.9 Å². The molecule has 25 heavy (non-hydrogen) atoms. The van der Waals surface area contributed by atoms with Gasteiger partial charge in [-0.2, -0.15) is 0 Å². The van der Waals surface area contributed by atoms with E-state index < -0.39 is 10.0 Å². The minimum atomic E-state index is -3.87. The van der Waals surface area contributed by atoms with Crippen LogP contribution in [0.5, 0.6) is 5.75 Å². The fraction of sp³-hybridized carbons (Fsp3) is 0.118. The molecule has 0 atom stereocenters. The minimum absolute atomic E-state index is 0.00324. The van der Waals surface area contributed by atoms with Crippen molar-refractivity contribution in [2.45, 2.75) is 11.8 Å². The van der Waals surface area contributed by atoms with Crippen molar-refractivity contribution in [2.75, 3.05) is 11.8 Å². The van der Waals surface area contributed by atoms with E-state index in [1.165, 1.54) is 13.2 Å². The van der Waals surface area contributed by atoms with Crippen LogP contribution in [-0.2, 0) is 10.0 Å². The number of sulfonamides is 1. The largest absolute Gasteiger partial charge is 0.495 e. The Bertz CT molecular complexity index is 998. The summed E-state index contributed by atoms with van der Waals surface area (Å²) in [7, 11) is -2.46. The van der Waals surface area contributed by atoms with Crippen LogP contribution in [0.2, 0.25) is 5.02 Å². The predicted octanol–water partition coefficient (Wildman–Crippen LogP) is 4.11. The number of methoxy groups -OCH3 is 1. The standard InChI is InChI=1S/C17H15ClN2O4S/c1-11-19-10-16(24-11)12-3-8-15(23-2)17(9-12)25(21,22)20-14-6-4-13(18)5-7-14/h3-10,20H,1-2H3. The number of oxazole rings is 1. The maximum absolute atomic E-state index is 12.8. The van der Waals surface area contributed by atoms with Gasteiger partial charge in [-0.3, -0.25) is 4.72 Å². The van der Waals surface area contributed by atoms with Gasteiger partial charge in [0.25, 0.3) is 10.0 Å². The molecule has 0 aliphatic heterocycles. The summed E-state index contributed by atoms with van der Waals surface area (Å²) in [5.74, 6) is 1.19. The Labute approximate surface area is 150 Å². The smallest absolute Gasteiger partial charge is 0.265 e. The van der Waals surface area contributed by atoms with Gasteiger partial charge in [0.05, 0.1) is 13.3 Å². The number of ether oxygens (including phenoxy) is 1. The highest BCUT2D eigenvalue weighted by molar-refractivity contribution is 7.92. The van der Waals surface area contributed by atoms with Crippen molar-refractivity contribution >= 4 is 27.3 Å². The van der Waals surface area contributed by atoms with Gasteiger partial charge in [-0.15, -0.1) is 0 Å². The molecule has 0 saturated heterocycles. The number of rotatable bonds is 5. The van der Waals surface area contributed by atoms with Crippen molar-refractivity contribution in [2.24, 2.45) is 0 Å². The van der Waals surface area contributed by atoms with Crippen LogP contribution in [0.25, 0.3) is 11.3 Å². The molecule has 0 saturated carbocycles. The van der Waals surface area contributed by atoms with E-state index in [1.807, 2.05) is 0 Å². The van der Waals surface area contributed by atoms with Crippen LogP contribution in [0.15, 0.2) is 58.0 Å². The van der Waals surface area contributed by atoms with E-state index >= 15 is 0 Å². The first-order valence-corrected chi connectivity index (χ1v) is 9.14. The second-order valence-corrected chi connectivity index (χ2v) is 7.31. The molecule has 0 spiro atoms. The van der Waals surface area contributed by atoms with Gasteiger partial charge < -0.3 is 9.15 Å². The highest BCUT2D eigenvalue weighted by Crippen LogP contribution is 2.31. The number of anilines is 1. The fourth-order valence-corrected chi connectivity index (χ4v) is 3.64. The second kappa shape index (κ2) is 6.78. The lowest BCUT2D eigenvalue weighted by molar-refractivity contribution is 0.403. The van der Waals surface area contributed by atoms with Crippen LogP contribution in [0.1, 0.15) is 5.89 Å². The summed E-state index contributed by atoms with van der Waals surface area (Å²) in [6, 6.07) is 11.1. The van der Waals surface area contributed by atoms with E-state index in [2.05, 4.69) is 9.71 Å². The minimum Gasteiger partial charge on any atom is -0.495 e. The summed E-state index contributed by atoms with van der Waals surface area (Å²) in [6.07, 6.45) is 1.54. The molecule has 0 aliphatic carbocycles. The zero-order valence-electron chi connectivity index (χ0n) is 13.5. The maximum atomic E-state index is 12.8. The zero-order valence-corrected chi connectivity index (χ0v) is 15.1. The summed E-state index contributed by atoms with van der Waals surface area (Å²) < 4.78 is 38.7. The molecule has 3 rings (SSSR count). The Morgan fingerprint density at radius 2 is 1.88 bits per heavy atom. The Kier molecular flexibility index (Phi) is 4.69. The van der Waals surface area contributed by atoms with Gasteiger partial charge in [-0.05, 0) is 42.5 Å². The van der Waals surface area contributed by atoms with Crippen molar-refractivity contribution in [1.82, 2.24) is 4.98 Å². The lowest BCUT2D eigenvalue weighted by Gasteiger charge is -2.12. The molecule has 6 nitrogen and oxygen atoms in total. The van der Waals surface area contributed by atoms with Crippen LogP contribution < -0.4 is 9.46 Å². The van der Waals surface area contributed by atoms with Crippen molar-refractivity contribution in [3.8, 4) is 17.1 Å². The predicted molar refractivity (Wildman–Crippen MR) is 95.5 cm³/mol. The van der Waals surface area contributed by atoms with Crippen LogP contribution in [-0.4, -0.2) is 20.5 Å². The molecule has 130 valence electrons. The molecular weight excluding hydrogens is 364 g/mol. The van der Waals surface area contributed by atoms with Crippen molar-refractivity contribution in [3.63, 3.8) is 0 Å². The third-order valence-electron chi connectivity index (χ3n) is 3.46. The molecular formula is C17H15ClN2O4S. The van der Waals surface area contributed by atoms with Gasteiger partial charge in [0, 0.05) is 23.2 Å². The Morgan fingerprint density at radius 3 is 2.48 bits per heavy atom. The first kappa shape index (κ1) is 17.3. The molecule has 0 unspecified atom stereocenters. The molecule has 0 fully saturated rings. The Hall–Kier alpha value is -2.51. The van der Waals surface area contributed by atoms with Crippen molar-refractivity contribution < 1.29 is 17.6 Å². The molecule has 2 aromatic carbocycles. The topological polar surface area (TPSA) is 81.4 Å². The van der Waals surface area contributed by atoms with Gasteiger partial charge in [0.2, 0.25) is 0 Å². The number of aromatic nitrogens is 1. The van der Waals surface area contributed by atoms with E-state index in [-0.39, 0.29) is 10.6 Å². The van der Waals surface area contributed by atoms with Crippen molar-refractivity contribution in [3.05, 3.63) is 59.6 Å². The van der Waals surface area contributed by atoms with Gasteiger partial charge >= 0.3 is 0 Å². The number of benzene rings is 2. The summed E-state index contributed by atoms with van der Waals surface area (Å²) in [5.41, 5.74) is 0.977. The Balaban J connectivity index is 2.02. The third-order valence-corrected chi connectivity index (χ3v) is 5.11. The van der Waals surface area contributed by atoms with Gasteiger partial charge in [-0.25, -0.2) is 13.4 Å². The number of hydrogen-bond donors (Lipinski definition) is 1. The number of aryl methyl sites for hydroxylation is 1. The molecule has 3 aromatic rings. The molecule has 0 bridgehead atoms. The van der Waals surface area contributed by atoms with Gasteiger partial charge in [0.1, 0.15) is 10.6 Å². The molecule has 1 heterocycles. The van der Waals surface area contributed by atoms with Crippen LogP contribution in [0, 0.1) is 6.92 Å². The SMILES string of the molecule is COc1ccc(-c2cnc(C)o2)cc1S(=O)(=O)Nc1ccc(Cl)cc1. The monoisotopic (exact) mass is 378 g/mol. The highest BCUT2D eigenvalue weighted by Gasteiger charge is 2.21. The number of hydrogen-bond acceptors (Lipinski definition) is 5. The average Bonchev–Trinajstić information content (AvgIpc) is 3.02. The highest BCUT2D eigenvalue weighted by atomic mass is 35.5. The molecule has 0 radical (unpaired) electrons. The number of nitrogens with one attached hydrogen (secondary N) is 1. The average molecular weight is 379 g/mol. The van der Waals surface area contributed by atoms with Crippen LogP contribution in [0.3, 0.4) is 0 Å². The summed E-state index contributed by atoms with van der Waals surface area (Å²) >= 11 is 5.82. The quantitative estimate of drug-likeness (QED) is 0.722. The lowest BCUT2D eigenvalue weighted by atomic mass is 10.2. The van der Waals surface area contributed by atoms with E-state index in [4.69, 9.17) is 20.8 Å². The molecule has 0 amide bonds. The normalized spacial score (nSPS) is 11.3. The first-order chi connectivity index (χ1) is 11.9. The number of halogens is 1. The summed E-state index contributed by atoms with van der Waals surface area (Å²) in [5, 5.41) is 0.517.